The summed E-state index contributed by atoms with van der Waals surface area (Å²) in [7, 11) is -2.07. The number of rotatable bonds is 8. The number of nitrogens with one attached hydrogen (secondary N) is 1. The Morgan fingerprint density at radius 3 is 2.57 bits per heavy atom. The van der Waals surface area contributed by atoms with Gasteiger partial charge in [-0.15, -0.1) is 0 Å². The summed E-state index contributed by atoms with van der Waals surface area (Å²) in [6.45, 7) is 0.365. The van der Waals surface area contributed by atoms with Crippen LogP contribution in [0.25, 0.3) is 0 Å². The molecular weight excluding hydrogens is 354 g/mol. The van der Waals surface area contributed by atoms with Crippen LogP contribution in [0.2, 0.25) is 5.02 Å². The highest BCUT2D eigenvalue weighted by Crippen LogP contribution is 2.26. The van der Waals surface area contributed by atoms with Crippen molar-refractivity contribution in [2.45, 2.75) is 10.6 Å². The summed E-state index contributed by atoms with van der Waals surface area (Å²) in [5.41, 5.74) is 1.22. The summed E-state index contributed by atoms with van der Waals surface area (Å²) >= 11 is 7.64. The zero-order chi connectivity index (χ0) is 16.7. The van der Waals surface area contributed by atoms with Crippen LogP contribution in [0.15, 0.2) is 53.4 Å². The van der Waals surface area contributed by atoms with E-state index in [1.807, 2.05) is 18.2 Å². The Morgan fingerprint density at radius 1 is 1.17 bits per heavy atom. The summed E-state index contributed by atoms with van der Waals surface area (Å²) in [5.74, 6) is 2.00. The second-order valence-corrected chi connectivity index (χ2v) is 8.01. The number of ether oxygens (including phenoxy) is 1. The van der Waals surface area contributed by atoms with Gasteiger partial charge in [-0.2, -0.15) is 11.8 Å². The molecule has 2 aromatic carbocycles. The molecule has 0 bridgehead atoms. The Bertz CT molecular complexity index is 736. The van der Waals surface area contributed by atoms with Crippen molar-refractivity contribution >= 4 is 33.4 Å². The van der Waals surface area contributed by atoms with E-state index in [1.165, 1.54) is 24.8 Å². The molecule has 0 saturated carbocycles. The maximum Gasteiger partial charge on any atom is 0.240 e. The van der Waals surface area contributed by atoms with Crippen LogP contribution < -0.4 is 9.46 Å². The van der Waals surface area contributed by atoms with Gasteiger partial charge in [-0.1, -0.05) is 41.9 Å². The topological polar surface area (TPSA) is 55.4 Å². The quantitative estimate of drug-likeness (QED) is 0.721. The third-order valence-electron chi connectivity index (χ3n) is 3.08. The number of hydrogen-bond donors (Lipinski definition) is 1. The molecule has 0 saturated heterocycles. The lowest BCUT2D eigenvalue weighted by molar-refractivity contribution is 0.414. The monoisotopic (exact) mass is 371 g/mol. The Morgan fingerprint density at radius 2 is 1.91 bits per heavy atom. The molecule has 0 heterocycles. The molecule has 0 atom stereocenters. The fraction of sp³-hybridized carbons (Fsp3) is 0.250. The van der Waals surface area contributed by atoms with Gasteiger partial charge in [-0.25, -0.2) is 13.1 Å². The molecule has 2 rings (SSSR count). The van der Waals surface area contributed by atoms with Crippen molar-refractivity contribution in [2.24, 2.45) is 0 Å². The van der Waals surface area contributed by atoms with Crippen molar-refractivity contribution in [3.8, 4) is 5.75 Å². The van der Waals surface area contributed by atoms with Crippen molar-refractivity contribution in [3.63, 3.8) is 0 Å². The molecule has 0 fully saturated rings. The highest BCUT2D eigenvalue weighted by molar-refractivity contribution is 7.98. The van der Waals surface area contributed by atoms with Gasteiger partial charge in [0.15, 0.2) is 0 Å². The normalized spacial score (nSPS) is 11.4. The Balaban J connectivity index is 1.83. The Kier molecular flexibility index (Phi) is 6.77. The average Bonchev–Trinajstić information content (AvgIpc) is 2.55. The van der Waals surface area contributed by atoms with E-state index in [2.05, 4.69) is 16.9 Å². The van der Waals surface area contributed by atoms with Crippen LogP contribution in [0.4, 0.5) is 0 Å². The van der Waals surface area contributed by atoms with Crippen LogP contribution in [-0.4, -0.2) is 27.8 Å². The van der Waals surface area contributed by atoms with E-state index in [1.54, 1.807) is 17.8 Å². The zero-order valence-corrected chi connectivity index (χ0v) is 15.0. The highest BCUT2D eigenvalue weighted by atomic mass is 35.5. The summed E-state index contributed by atoms with van der Waals surface area (Å²) < 4.78 is 32.0. The highest BCUT2D eigenvalue weighted by Gasteiger charge is 2.15. The average molecular weight is 372 g/mol. The van der Waals surface area contributed by atoms with Gasteiger partial charge in [-0.3, -0.25) is 0 Å². The second-order valence-electron chi connectivity index (χ2n) is 4.73. The molecule has 0 radical (unpaired) electrons. The number of methoxy groups -OCH3 is 1. The fourth-order valence-corrected chi connectivity index (χ4v) is 4.24. The van der Waals surface area contributed by atoms with Crippen LogP contribution in [0, 0.1) is 0 Å². The molecule has 4 nitrogen and oxygen atoms in total. The van der Waals surface area contributed by atoms with Gasteiger partial charge < -0.3 is 4.74 Å². The molecule has 0 aliphatic rings. The minimum Gasteiger partial charge on any atom is -0.495 e. The van der Waals surface area contributed by atoms with Crippen molar-refractivity contribution in [3.05, 3.63) is 59.1 Å². The lowest BCUT2D eigenvalue weighted by atomic mass is 10.2. The lowest BCUT2D eigenvalue weighted by Gasteiger charge is -2.09. The molecule has 124 valence electrons. The predicted molar refractivity (Wildman–Crippen MR) is 95.8 cm³/mol. The van der Waals surface area contributed by atoms with Gasteiger partial charge in [-0.05, 0) is 23.8 Å². The molecule has 0 aliphatic heterocycles. The third-order valence-corrected chi connectivity index (χ3v) is 5.87. The minimum atomic E-state index is -3.56. The number of hydrogen-bond acceptors (Lipinski definition) is 4. The van der Waals surface area contributed by atoms with E-state index >= 15 is 0 Å². The van der Waals surface area contributed by atoms with Gasteiger partial charge in [0.05, 0.1) is 17.0 Å². The molecule has 0 spiro atoms. The van der Waals surface area contributed by atoms with Gasteiger partial charge in [0.2, 0.25) is 10.0 Å². The van der Waals surface area contributed by atoms with E-state index in [-0.39, 0.29) is 9.92 Å². The molecular formula is C16H18ClNO3S2. The molecule has 0 amide bonds. The molecule has 0 aromatic heterocycles. The molecule has 2 aromatic rings. The smallest absolute Gasteiger partial charge is 0.240 e. The van der Waals surface area contributed by atoms with E-state index < -0.39 is 10.0 Å². The third kappa shape index (κ3) is 5.42. The van der Waals surface area contributed by atoms with E-state index in [4.69, 9.17) is 16.3 Å². The summed E-state index contributed by atoms with van der Waals surface area (Å²) in [4.78, 5) is 0.136. The minimum absolute atomic E-state index is 0.136. The molecule has 7 heteroatoms. The Hall–Kier alpha value is -1.21. The molecule has 0 aliphatic carbocycles. The molecule has 1 N–H and O–H groups in total. The van der Waals surface area contributed by atoms with Crippen molar-refractivity contribution in [2.75, 3.05) is 19.4 Å². The van der Waals surface area contributed by atoms with Crippen LogP contribution in [0.1, 0.15) is 5.56 Å². The largest absolute Gasteiger partial charge is 0.495 e. The summed E-state index contributed by atoms with van der Waals surface area (Å²) in [5, 5.41) is 0.272. The van der Waals surface area contributed by atoms with Crippen LogP contribution in [0.5, 0.6) is 5.75 Å². The second kappa shape index (κ2) is 8.59. The first-order chi connectivity index (χ1) is 11.0. The standard InChI is InChI=1S/C16H18ClNO3S2/c1-21-16-8-7-14(11-15(16)17)23(19,20)18-9-10-22-12-13-5-3-2-4-6-13/h2-8,11,18H,9-10,12H2,1H3. The maximum atomic E-state index is 12.2. The maximum absolute atomic E-state index is 12.2. The number of halogens is 1. The van der Waals surface area contributed by atoms with Crippen molar-refractivity contribution < 1.29 is 13.2 Å². The van der Waals surface area contributed by atoms with Crippen molar-refractivity contribution in [1.82, 2.24) is 4.72 Å². The number of sulfonamides is 1. The predicted octanol–water partition coefficient (Wildman–Crippen LogP) is 3.56. The summed E-state index contributed by atoms with van der Waals surface area (Å²) in [6.07, 6.45) is 0. The van der Waals surface area contributed by atoms with Crippen LogP contribution in [-0.2, 0) is 15.8 Å². The lowest BCUT2D eigenvalue weighted by Crippen LogP contribution is -2.26. The first kappa shape index (κ1) is 18.1. The zero-order valence-electron chi connectivity index (χ0n) is 12.7. The number of benzene rings is 2. The van der Waals surface area contributed by atoms with E-state index in [0.29, 0.717) is 18.0 Å². The fourth-order valence-electron chi connectivity index (χ4n) is 1.91. The van der Waals surface area contributed by atoms with Gasteiger partial charge >= 0.3 is 0 Å². The van der Waals surface area contributed by atoms with Gasteiger partial charge in [0.25, 0.3) is 0 Å². The van der Waals surface area contributed by atoms with E-state index in [9.17, 15) is 8.42 Å². The first-order valence-electron chi connectivity index (χ1n) is 6.98. The SMILES string of the molecule is COc1ccc(S(=O)(=O)NCCSCc2ccccc2)cc1Cl. The molecule has 23 heavy (non-hydrogen) atoms. The molecule has 0 unspecified atom stereocenters. The van der Waals surface area contributed by atoms with Crippen LogP contribution in [0.3, 0.4) is 0 Å². The first-order valence-corrected chi connectivity index (χ1v) is 9.99. The van der Waals surface area contributed by atoms with Crippen LogP contribution >= 0.6 is 23.4 Å². The van der Waals surface area contributed by atoms with Gasteiger partial charge in [0, 0.05) is 18.1 Å². The van der Waals surface area contributed by atoms with Gasteiger partial charge in [0.1, 0.15) is 5.75 Å². The summed E-state index contributed by atoms with van der Waals surface area (Å²) in [6, 6.07) is 14.5. The van der Waals surface area contributed by atoms with E-state index in [0.717, 1.165) is 5.75 Å². The van der Waals surface area contributed by atoms with Crippen molar-refractivity contribution in [1.29, 1.82) is 0 Å². The Labute approximate surface area is 146 Å². The number of thioether (sulfide) groups is 1.